The number of rotatable bonds is 9. The molecule has 3 heterocycles. The second kappa shape index (κ2) is 10.7. The van der Waals surface area contributed by atoms with Gasteiger partial charge in [-0.3, -0.25) is 14.1 Å². The number of hydrogen-bond acceptors (Lipinski definition) is 5. The van der Waals surface area contributed by atoms with Crippen LogP contribution in [0.3, 0.4) is 0 Å². The summed E-state index contributed by atoms with van der Waals surface area (Å²) in [5.74, 6) is 0.823. The Labute approximate surface area is 216 Å². The van der Waals surface area contributed by atoms with Crippen LogP contribution in [-0.2, 0) is 13.0 Å². The molecule has 0 atom stereocenters. The third kappa shape index (κ3) is 5.00. The Morgan fingerprint density at radius 1 is 1.00 bits per heavy atom. The van der Waals surface area contributed by atoms with E-state index in [1.807, 2.05) is 57.8 Å². The van der Waals surface area contributed by atoms with Crippen LogP contribution in [0, 0.1) is 0 Å². The summed E-state index contributed by atoms with van der Waals surface area (Å²) < 4.78 is 3.73. The molecule has 0 aliphatic rings. The van der Waals surface area contributed by atoms with Crippen LogP contribution in [0.4, 0.5) is 0 Å². The first-order valence-electron chi connectivity index (χ1n) is 12.7. The monoisotopic (exact) mass is 493 g/mol. The van der Waals surface area contributed by atoms with Crippen LogP contribution in [0.5, 0.6) is 0 Å². The van der Waals surface area contributed by atoms with Crippen LogP contribution in [-0.4, -0.2) is 34.7 Å². The first-order valence-corrected chi connectivity index (χ1v) is 12.7. The molecule has 0 radical (unpaired) electrons. The van der Waals surface area contributed by atoms with Gasteiger partial charge in [0.05, 0.1) is 17.9 Å². The molecule has 1 N–H and O–H groups in total. The number of nitrogens with one attached hydrogen (secondary N) is 1. The molecule has 0 amide bonds. The van der Waals surface area contributed by atoms with E-state index >= 15 is 0 Å². The SMILES string of the molecule is CCCCc1cn(-c2ccccc2C(C)C)c(=O)n1Cc1ccc(-c2ncccc2-c2nn[nH]n2)cc1. The van der Waals surface area contributed by atoms with E-state index in [1.54, 1.807) is 6.20 Å². The number of H-pyrrole nitrogens is 1. The summed E-state index contributed by atoms with van der Waals surface area (Å²) in [7, 11) is 0. The molecule has 0 bridgehead atoms. The quantitative estimate of drug-likeness (QED) is 0.297. The lowest BCUT2D eigenvalue weighted by atomic mass is 10.0. The minimum atomic E-state index is -0.00704. The molecule has 2 aromatic carbocycles. The lowest BCUT2D eigenvalue weighted by molar-refractivity contribution is 0.673. The van der Waals surface area contributed by atoms with Gasteiger partial charge in [-0.15, -0.1) is 10.2 Å². The van der Waals surface area contributed by atoms with Gasteiger partial charge in [-0.1, -0.05) is 69.7 Å². The van der Waals surface area contributed by atoms with Gasteiger partial charge in [-0.05, 0) is 53.3 Å². The molecule has 0 aliphatic carbocycles. The molecule has 0 spiro atoms. The molecule has 8 heteroatoms. The minimum absolute atomic E-state index is 0.00704. The van der Waals surface area contributed by atoms with Crippen molar-refractivity contribution >= 4 is 0 Å². The van der Waals surface area contributed by atoms with Crippen LogP contribution in [0.25, 0.3) is 28.3 Å². The molecule has 5 aromatic rings. The van der Waals surface area contributed by atoms with E-state index in [4.69, 9.17) is 0 Å². The number of imidazole rings is 1. The van der Waals surface area contributed by atoms with Crippen molar-refractivity contribution in [2.75, 3.05) is 0 Å². The molecule has 0 saturated heterocycles. The maximum absolute atomic E-state index is 13.7. The number of tetrazole rings is 1. The fourth-order valence-electron chi connectivity index (χ4n) is 4.66. The van der Waals surface area contributed by atoms with Crippen molar-refractivity contribution in [2.45, 2.75) is 52.5 Å². The van der Waals surface area contributed by atoms with Crippen LogP contribution in [0.1, 0.15) is 56.4 Å². The number of pyridine rings is 1. The topological polar surface area (TPSA) is 94.3 Å². The van der Waals surface area contributed by atoms with E-state index < -0.39 is 0 Å². The largest absolute Gasteiger partial charge is 0.333 e. The smallest absolute Gasteiger partial charge is 0.292 e. The van der Waals surface area contributed by atoms with Gasteiger partial charge in [-0.2, -0.15) is 5.21 Å². The van der Waals surface area contributed by atoms with E-state index in [1.165, 1.54) is 5.56 Å². The van der Waals surface area contributed by atoms with E-state index in [9.17, 15) is 4.79 Å². The van der Waals surface area contributed by atoms with Crippen LogP contribution < -0.4 is 5.69 Å². The van der Waals surface area contributed by atoms with E-state index in [0.29, 0.717) is 18.3 Å². The molecule has 5 rings (SSSR count). The highest BCUT2D eigenvalue weighted by atomic mass is 16.1. The van der Waals surface area contributed by atoms with E-state index in [0.717, 1.165) is 53.0 Å². The first-order chi connectivity index (χ1) is 18.1. The molecular formula is C29H31N7O. The molecule has 0 aliphatic heterocycles. The predicted molar refractivity (Wildman–Crippen MR) is 145 cm³/mol. The second-order valence-electron chi connectivity index (χ2n) is 9.51. The van der Waals surface area contributed by atoms with Crippen LogP contribution >= 0.6 is 0 Å². The van der Waals surface area contributed by atoms with Gasteiger partial charge in [0, 0.05) is 29.2 Å². The third-order valence-corrected chi connectivity index (χ3v) is 6.63. The van der Waals surface area contributed by atoms with E-state index in [2.05, 4.69) is 64.6 Å². The second-order valence-corrected chi connectivity index (χ2v) is 9.51. The van der Waals surface area contributed by atoms with Gasteiger partial charge in [0.25, 0.3) is 0 Å². The molecular weight excluding hydrogens is 462 g/mol. The lowest BCUT2D eigenvalue weighted by Gasteiger charge is -2.12. The summed E-state index contributed by atoms with van der Waals surface area (Å²) in [5.41, 5.74) is 6.77. The van der Waals surface area contributed by atoms with Crippen LogP contribution in [0.15, 0.2) is 77.9 Å². The molecule has 3 aromatic heterocycles. The van der Waals surface area contributed by atoms with Crippen molar-refractivity contribution in [1.29, 1.82) is 0 Å². The maximum atomic E-state index is 13.7. The lowest BCUT2D eigenvalue weighted by Crippen LogP contribution is -2.25. The molecule has 0 unspecified atom stereocenters. The molecule has 0 saturated carbocycles. The van der Waals surface area contributed by atoms with Crippen LogP contribution in [0.2, 0.25) is 0 Å². The fourth-order valence-corrected chi connectivity index (χ4v) is 4.66. The standard InChI is InChI=1S/C29H31N7O/c1-4-5-9-23-19-36(26-12-7-6-10-24(26)20(2)3)29(37)35(23)18-21-13-15-22(16-14-21)27-25(11-8-17-30-27)28-31-33-34-32-28/h6-8,10-17,19-20H,4-5,9,18H2,1-3H3,(H,31,32,33,34). The summed E-state index contributed by atoms with van der Waals surface area (Å²) in [6, 6.07) is 20.1. The zero-order chi connectivity index (χ0) is 25.8. The molecule has 8 nitrogen and oxygen atoms in total. The number of hydrogen-bond donors (Lipinski definition) is 1. The first kappa shape index (κ1) is 24.4. The number of unbranched alkanes of at least 4 members (excludes halogenated alkanes) is 1. The van der Waals surface area contributed by atoms with Crippen molar-refractivity contribution < 1.29 is 0 Å². The van der Waals surface area contributed by atoms with Crippen molar-refractivity contribution in [3.8, 4) is 28.3 Å². The number of aromatic nitrogens is 7. The Kier molecular flexibility index (Phi) is 7.07. The van der Waals surface area contributed by atoms with E-state index in [-0.39, 0.29) is 5.69 Å². The van der Waals surface area contributed by atoms with Gasteiger partial charge in [0.15, 0.2) is 0 Å². The Bertz CT molecular complexity index is 1530. The number of benzene rings is 2. The highest BCUT2D eigenvalue weighted by Gasteiger charge is 2.17. The molecule has 188 valence electrons. The summed E-state index contributed by atoms with van der Waals surface area (Å²) in [4.78, 5) is 18.2. The van der Waals surface area contributed by atoms with Gasteiger partial charge in [-0.25, -0.2) is 4.79 Å². The summed E-state index contributed by atoms with van der Waals surface area (Å²) in [6.07, 6.45) is 6.75. The molecule has 0 fully saturated rings. The third-order valence-electron chi connectivity index (χ3n) is 6.63. The molecule has 37 heavy (non-hydrogen) atoms. The number of aromatic amines is 1. The van der Waals surface area contributed by atoms with Gasteiger partial charge >= 0.3 is 5.69 Å². The summed E-state index contributed by atoms with van der Waals surface area (Å²) in [5, 5.41) is 14.4. The van der Waals surface area contributed by atoms with Gasteiger partial charge in [0.1, 0.15) is 0 Å². The maximum Gasteiger partial charge on any atom is 0.333 e. The Morgan fingerprint density at radius 2 is 1.81 bits per heavy atom. The highest BCUT2D eigenvalue weighted by Crippen LogP contribution is 2.28. The zero-order valence-corrected chi connectivity index (χ0v) is 21.4. The Balaban J connectivity index is 1.49. The normalized spacial score (nSPS) is 11.4. The zero-order valence-electron chi connectivity index (χ0n) is 21.4. The highest BCUT2D eigenvalue weighted by molar-refractivity contribution is 5.76. The van der Waals surface area contributed by atoms with Crippen molar-refractivity contribution in [3.05, 3.63) is 100 Å². The Morgan fingerprint density at radius 3 is 2.54 bits per heavy atom. The fraction of sp³-hybridized carbons (Fsp3) is 0.276. The number of nitrogens with zero attached hydrogens (tertiary/aromatic N) is 6. The van der Waals surface area contributed by atoms with Gasteiger partial charge in [0.2, 0.25) is 5.82 Å². The van der Waals surface area contributed by atoms with Crippen molar-refractivity contribution in [1.82, 2.24) is 34.7 Å². The average molecular weight is 494 g/mol. The number of aryl methyl sites for hydroxylation is 1. The predicted octanol–water partition coefficient (Wildman–Crippen LogP) is 5.40. The Hall–Kier alpha value is -4.33. The number of para-hydroxylation sites is 1. The summed E-state index contributed by atoms with van der Waals surface area (Å²) in [6.45, 7) is 7.00. The minimum Gasteiger partial charge on any atom is -0.292 e. The van der Waals surface area contributed by atoms with Crippen molar-refractivity contribution in [2.24, 2.45) is 0 Å². The average Bonchev–Trinajstić information content (AvgIpc) is 3.57. The van der Waals surface area contributed by atoms with Gasteiger partial charge < -0.3 is 0 Å². The van der Waals surface area contributed by atoms with Crippen molar-refractivity contribution in [3.63, 3.8) is 0 Å². The summed E-state index contributed by atoms with van der Waals surface area (Å²) >= 11 is 0.